The molecule has 1 amide bonds. The van der Waals surface area contributed by atoms with Gasteiger partial charge in [0.2, 0.25) is 0 Å². The molecule has 28 heavy (non-hydrogen) atoms. The van der Waals surface area contributed by atoms with Crippen molar-refractivity contribution in [2.45, 2.75) is 0 Å². The van der Waals surface area contributed by atoms with Crippen molar-refractivity contribution in [3.05, 3.63) is 78.6 Å². The number of nitrogens with zero attached hydrogens (tertiary/aromatic N) is 2. The number of hydrogen-bond acceptors (Lipinski definition) is 5. The largest absolute Gasteiger partial charge is 0.457 e. The van der Waals surface area contributed by atoms with Gasteiger partial charge in [-0.25, -0.2) is 0 Å². The average Bonchev–Trinajstić information content (AvgIpc) is 2.75. The molecule has 2 heterocycles. The van der Waals surface area contributed by atoms with E-state index < -0.39 is 0 Å². The SMILES string of the molecule is O=C(Nc1cccc(Oc2ccncc2)c1)c1ccccc1N1CCOCC1. The third kappa shape index (κ3) is 4.29. The lowest BCUT2D eigenvalue weighted by Crippen LogP contribution is -2.37. The fourth-order valence-electron chi connectivity index (χ4n) is 3.12. The van der Waals surface area contributed by atoms with Gasteiger partial charge in [0.05, 0.1) is 18.8 Å². The van der Waals surface area contributed by atoms with Crippen molar-refractivity contribution in [2.75, 3.05) is 36.5 Å². The number of amides is 1. The Balaban J connectivity index is 1.50. The summed E-state index contributed by atoms with van der Waals surface area (Å²) in [7, 11) is 0. The molecule has 1 aliphatic rings. The van der Waals surface area contributed by atoms with E-state index in [0.29, 0.717) is 36.0 Å². The number of aromatic nitrogens is 1. The van der Waals surface area contributed by atoms with Gasteiger partial charge in [-0.05, 0) is 36.4 Å². The van der Waals surface area contributed by atoms with Crippen molar-refractivity contribution in [1.82, 2.24) is 4.98 Å². The molecule has 4 rings (SSSR count). The van der Waals surface area contributed by atoms with Crippen molar-refractivity contribution in [3.63, 3.8) is 0 Å². The second kappa shape index (κ2) is 8.54. The highest BCUT2D eigenvalue weighted by Gasteiger charge is 2.18. The van der Waals surface area contributed by atoms with Gasteiger partial charge in [-0.1, -0.05) is 18.2 Å². The van der Waals surface area contributed by atoms with Gasteiger partial charge < -0.3 is 19.7 Å². The summed E-state index contributed by atoms with van der Waals surface area (Å²) < 4.78 is 11.2. The molecule has 1 aliphatic heterocycles. The van der Waals surface area contributed by atoms with Crippen molar-refractivity contribution >= 4 is 17.3 Å². The number of benzene rings is 2. The molecule has 0 saturated carbocycles. The van der Waals surface area contributed by atoms with Crippen LogP contribution in [0.3, 0.4) is 0 Å². The first-order valence-corrected chi connectivity index (χ1v) is 9.20. The lowest BCUT2D eigenvalue weighted by Gasteiger charge is -2.30. The number of carbonyl (C=O) groups excluding carboxylic acids is 1. The molecule has 1 aromatic heterocycles. The van der Waals surface area contributed by atoms with Crippen LogP contribution >= 0.6 is 0 Å². The van der Waals surface area contributed by atoms with Crippen LogP contribution in [0.4, 0.5) is 11.4 Å². The molecule has 6 nitrogen and oxygen atoms in total. The van der Waals surface area contributed by atoms with Crippen LogP contribution in [0.2, 0.25) is 0 Å². The van der Waals surface area contributed by atoms with Gasteiger partial charge in [0.15, 0.2) is 0 Å². The molecule has 1 saturated heterocycles. The maximum absolute atomic E-state index is 12.9. The molecule has 1 N–H and O–H groups in total. The highest BCUT2D eigenvalue weighted by atomic mass is 16.5. The van der Waals surface area contributed by atoms with Crippen molar-refractivity contribution in [3.8, 4) is 11.5 Å². The van der Waals surface area contributed by atoms with Crippen LogP contribution in [0.5, 0.6) is 11.5 Å². The quantitative estimate of drug-likeness (QED) is 0.731. The first kappa shape index (κ1) is 18.0. The number of morpholine rings is 1. The first-order chi connectivity index (χ1) is 13.8. The third-order valence-electron chi connectivity index (χ3n) is 4.48. The molecular formula is C22H21N3O3. The second-order valence-corrected chi connectivity index (χ2v) is 6.38. The normalized spacial score (nSPS) is 13.8. The molecule has 2 aromatic carbocycles. The van der Waals surface area contributed by atoms with E-state index in [9.17, 15) is 4.79 Å². The molecule has 0 atom stereocenters. The van der Waals surface area contributed by atoms with Crippen molar-refractivity contribution < 1.29 is 14.3 Å². The smallest absolute Gasteiger partial charge is 0.257 e. The van der Waals surface area contributed by atoms with E-state index >= 15 is 0 Å². The van der Waals surface area contributed by atoms with E-state index in [-0.39, 0.29) is 5.91 Å². The van der Waals surface area contributed by atoms with Gasteiger partial charge in [0.1, 0.15) is 11.5 Å². The van der Waals surface area contributed by atoms with Gasteiger partial charge in [0.25, 0.3) is 5.91 Å². The summed E-state index contributed by atoms with van der Waals surface area (Å²) in [5, 5.41) is 2.97. The van der Waals surface area contributed by atoms with E-state index in [1.807, 2.05) is 42.5 Å². The molecule has 3 aromatic rings. The maximum atomic E-state index is 12.9. The van der Waals surface area contributed by atoms with E-state index in [1.165, 1.54) is 0 Å². The summed E-state index contributed by atoms with van der Waals surface area (Å²) in [6.07, 6.45) is 3.34. The molecule has 1 fully saturated rings. The number of anilines is 2. The lowest BCUT2D eigenvalue weighted by atomic mass is 10.1. The topological polar surface area (TPSA) is 63.7 Å². The zero-order chi connectivity index (χ0) is 19.2. The van der Waals surface area contributed by atoms with Gasteiger partial charge in [-0.2, -0.15) is 0 Å². The Labute approximate surface area is 163 Å². The van der Waals surface area contributed by atoms with Crippen LogP contribution in [0, 0.1) is 0 Å². The second-order valence-electron chi connectivity index (χ2n) is 6.38. The number of carbonyl (C=O) groups is 1. The molecule has 0 aliphatic carbocycles. The van der Waals surface area contributed by atoms with Crippen molar-refractivity contribution in [1.29, 1.82) is 0 Å². The Morgan fingerprint density at radius 2 is 1.75 bits per heavy atom. The molecular weight excluding hydrogens is 354 g/mol. The van der Waals surface area contributed by atoms with Crippen LogP contribution in [-0.4, -0.2) is 37.2 Å². The minimum Gasteiger partial charge on any atom is -0.457 e. The van der Waals surface area contributed by atoms with Crippen LogP contribution in [0.1, 0.15) is 10.4 Å². The summed E-state index contributed by atoms with van der Waals surface area (Å²) in [4.78, 5) is 19.1. The summed E-state index contributed by atoms with van der Waals surface area (Å²) in [6.45, 7) is 2.90. The van der Waals surface area contributed by atoms with Crippen molar-refractivity contribution in [2.24, 2.45) is 0 Å². The minimum absolute atomic E-state index is 0.150. The Kier molecular flexibility index (Phi) is 5.49. The molecule has 6 heteroatoms. The zero-order valence-corrected chi connectivity index (χ0v) is 15.4. The highest BCUT2D eigenvalue weighted by Crippen LogP contribution is 2.26. The monoisotopic (exact) mass is 375 g/mol. The van der Waals surface area contributed by atoms with Crippen LogP contribution in [-0.2, 0) is 4.74 Å². The molecule has 0 spiro atoms. The number of pyridine rings is 1. The molecule has 0 radical (unpaired) electrons. The summed E-state index contributed by atoms with van der Waals surface area (Å²) >= 11 is 0. The molecule has 142 valence electrons. The fraction of sp³-hybridized carbons (Fsp3) is 0.182. The van der Waals surface area contributed by atoms with Gasteiger partial charge in [-0.15, -0.1) is 0 Å². The van der Waals surface area contributed by atoms with Crippen LogP contribution in [0.25, 0.3) is 0 Å². The van der Waals surface area contributed by atoms with E-state index in [2.05, 4.69) is 15.2 Å². The third-order valence-corrected chi connectivity index (χ3v) is 4.48. The highest BCUT2D eigenvalue weighted by molar-refractivity contribution is 6.08. The zero-order valence-electron chi connectivity index (χ0n) is 15.4. The van der Waals surface area contributed by atoms with Crippen LogP contribution in [0.15, 0.2) is 73.1 Å². The van der Waals surface area contributed by atoms with E-state index in [4.69, 9.17) is 9.47 Å². The average molecular weight is 375 g/mol. The van der Waals surface area contributed by atoms with Gasteiger partial charge in [0, 0.05) is 42.9 Å². The molecule has 0 bridgehead atoms. The number of rotatable bonds is 5. The Hall–Kier alpha value is -3.38. The Bertz CT molecular complexity index is 941. The number of hydrogen-bond donors (Lipinski definition) is 1. The van der Waals surface area contributed by atoms with Crippen LogP contribution < -0.4 is 15.0 Å². The summed E-state index contributed by atoms with van der Waals surface area (Å²) in [5.41, 5.74) is 2.24. The number of nitrogens with one attached hydrogen (secondary N) is 1. The standard InChI is InChI=1S/C22H21N3O3/c26-22(20-6-1-2-7-21(20)25-12-14-27-15-13-25)24-17-4-3-5-19(16-17)28-18-8-10-23-11-9-18/h1-11,16H,12-15H2,(H,24,26). The predicted molar refractivity (Wildman–Crippen MR) is 108 cm³/mol. The minimum atomic E-state index is -0.150. The van der Waals surface area contributed by atoms with Gasteiger partial charge >= 0.3 is 0 Å². The maximum Gasteiger partial charge on any atom is 0.257 e. The van der Waals surface area contributed by atoms with Gasteiger partial charge in [-0.3, -0.25) is 9.78 Å². The summed E-state index contributed by atoms with van der Waals surface area (Å²) in [6, 6.07) is 18.5. The number of ether oxygens (including phenoxy) is 2. The predicted octanol–water partition coefficient (Wildman–Crippen LogP) is 3.96. The first-order valence-electron chi connectivity index (χ1n) is 9.20. The fourth-order valence-corrected chi connectivity index (χ4v) is 3.12. The Morgan fingerprint density at radius 3 is 2.57 bits per heavy atom. The molecule has 0 unspecified atom stereocenters. The number of para-hydroxylation sites is 1. The summed E-state index contributed by atoms with van der Waals surface area (Å²) in [5.74, 6) is 1.18. The Morgan fingerprint density at radius 1 is 0.964 bits per heavy atom. The lowest BCUT2D eigenvalue weighted by molar-refractivity contribution is 0.102. The van der Waals surface area contributed by atoms with E-state index in [1.54, 1.807) is 30.6 Å². The van der Waals surface area contributed by atoms with E-state index in [0.717, 1.165) is 18.8 Å².